The molecule has 2 aromatic carbocycles. The molecule has 0 saturated heterocycles. The summed E-state index contributed by atoms with van der Waals surface area (Å²) in [6.45, 7) is 8.81. The monoisotopic (exact) mass is 268 g/mol. The molecular weight excluding hydrogens is 244 g/mol. The lowest BCUT2D eigenvalue weighted by Gasteiger charge is -2.30. The van der Waals surface area contributed by atoms with Gasteiger partial charge in [0.2, 0.25) is 0 Å². The van der Waals surface area contributed by atoms with Crippen molar-refractivity contribution in [1.29, 1.82) is 0 Å². The Labute approximate surface area is 122 Å². The molecule has 106 valence electrons. The second-order valence-electron chi connectivity index (χ2n) is 6.43. The van der Waals surface area contributed by atoms with Gasteiger partial charge in [-0.15, -0.1) is 0 Å². The molecule has 20 heavy (non-hydrogen) atoms. The molecule has 1 nitrogen and oxygen atoms in total. The normalized spacial score (nSPS) is 14.8. The Kier molecular flexibility index (Phi) is 4.01. The van der Waals surface area contributed by atoms with E-state index in [0.717, 1.165) is 0 Å². The van der Waals surface area contributed by atoms with Gasteiger partial charge in [0.15, 0.2) is 0 Å². The second-order valence-corrected chi connectivity index (χ2v) is 6.43. The Hall–Kier alpha value is -1.60. The summed E-state index contributed by atoms with van der Waals surface area (Å²) in [6.07, 6.45) is 0. The number of methoxy groups -OCH3 is 1. The Morgan fingerprint density at radius 2 is 1.10 bits per heavy atom. The highest BCUT2D eigenvalue weighted by atomic mass is 16.5. The predicted molar refractivity (Wildman–Crippen MR) is 85.0 cm³/mol. The maximum atomic E-state index is 5.84. The molecule has 0 amide bonds. The van der Waals surface area contributed by atoms with Crippen LogP contribution >= 0.6 is 0 Å². The van der Waals surface area contributed by atoms with E-state index in [9.17, 15) is 0 Å². The van der Waals surface area contributed by atoms with Crippen molar-refractivity contribution in [3.8, 4) is 0 Å². The number of hydrogen-bond donors (Lipinski definition) is 0. The van der Waals surface area contributed by atoms with Crippen molar-refractivity contribution in [2.24, 2.45) is 0 Å². The summed E-state index contributed by atoms with van der Waals surface area (Å²) >= 11 is 0. The van der Waals surface area contributed by atoms with Crippen LogP contribution < -0.4 is 0 Å². The van der Waals surface area contributed by atoms with Gasteiger partial charge < -0.3 is 4.74 Å². The first-order valence-electron chi connectivity index (χ1n) is 7.09. The van der Waals surface area contributed by atoms with E-state index >= 15 is 0 Å². The van der Waals surface area contributed by atoms with Gasteiger partial charge in [-0.05, 0) is 29.0 Å². The van der Waals surface area contributed by atoms with Crippen LogP contribution in [0.25, 0.3) is 0 Å². The van der Waals surface area contributed by atoms with E-state index in [0.29, 0.717) is 0 Å². The van der Waals surface area contributed by atoms with Gasteiger partial charge in [0.05, 0.1) is 0 Å². The molecule has 0 heterocycles. The number of rotatable bonds is 3. The van der Waals surface area contributed by atoms with E-state index in [1.807, 2.05) is 6.07 Å². The zero-order valence-corrected chi connectivity index (χ0v) is 13.1. The van der Waals surface area contributed by atoms with Crippen molar-refractivity contribution in [2.45, 2.75) is 38.7 Å². The average molecular weight is 268 g/mol. The molecule has 1 atom stereocenters. The molecule has 0 aromatic heterocycles. The molecule has 0 aliphatic carbocycles. The maximum Gasteiger partial charge on any atom is 0.115 e. The Morgan fingerprint density at radius 1 is 0.650 bits per heavy atom. The lowest BCUT2D eigenvalue weighted by atomic mass is 9.83. The molecule has 2 rings (SSSR count). The molecular formula is C19H24O. The van der Waals surface area contributed by atoms with Crippen molar-refractivity contribution in [3.05, 3.63) is 71.3 Å². The molecule has 0 saturated carbocycles. The Balaban J connectivity index is 2.43. The highest BCUT2D eigenvalue weighted by molar-refractivity contribution is 5.38. The molecule has 0 bridgehead atoms. The van der Waals surface area contributed by atoms with Crippen LogP contribution in [-0.4, -0.2) is 7.11 Å². The summed E-state index contributed by atoms with van der Waals surface area (Å²) in [5.41, 5.74) is 3.46. The molecule has 0 N–H and O–H groups in total. The van der Waals surface area contributed by atoms with Crippen molar-refractivity contribution in [2.75, 3.05) is 7.11 Å². The molecule has 0 aliphatic heterocycles. The summed E-state index contributed by atoms with van der Waals surface area (Å²) in [6, 6.07) is 19.1. The van der Waals surface area contributed by atoms with Crippen LogP contribution in [0.5, 0.6) is 0 Å². The van der Waals surface area contributed by atoms with Gasteiger partial charge in [-0.3, -0.25) is 0 Å². The highest BCUT2D eigenvalue weighted by Gasteiger charge is 2.28. The van der Waals surface area contributed by atoms with Crippen LogP contribution in [0.1, 0.15) is 44.4 Å². The Morgan fingerprint density at radius 3 is 1.55 bits per heavy atom. The number of ether oxygens (including phenoxy) is 1. The summed E-state index contributed by atoms with van der Waals surface area (Å²) < 4.78 is 5.84. The first kappa shape index (κ1) is 14.8. The van der Waals surface area contributed by atoms with Gasteiger partial charge in [-0.25, -0.2) is 0 Å². The van der Waals surface area contributed by atoms with Crippen molar-refractivity contribution in [3.63, 3.8) is 0 Å². The van der Waals surface area contributed by atoms with Crippen LogP contribution in [0.15, 0.2) is 54.6 Å². The standard InChI is InChI=1S/C19H24O/c1-18(2,3)15-11-13-17(14-12-15)19(4,20-5)16-9-7-6-8-10-16/h6-14H,1-5H3. The largest absolute Gasteiger partial charge is 0.369 e. The lowest BCUT2D eigenvalue weighted by Crippen LogP contribution is -2.26. The van der Waals surface area contributed by atoms with Crippen LogP contribution in [0, 0.1) is 0 Å². The second kappa shape index (κ2) is 5.41. The van der Waals surface area contributed by atoms with Crippen LogP contribution in [-0.2, 0) is 15.8 Å². The minimum atomic E-state index is -0.405. The SMILES string of the molecule is COC(C)(c1ccccc1)c1ccc(C(C)(C)C)cc1. The fourth-order valence-electron chi connectivity index (χ4n) is 2.45. The topological polar surface area (TPSA) is 9.23 Å². The van der Waals surface area contributed by atoms with Gasteiger partial charge in [0, 0.05) is 7.11 Å². The third-order valence-electron chi connectivity index (χ3n) is 4.03. The van der Waals surface area contributed by atoms with Gasteiger partial charge >= 0.3 is 0 Å². The first-order chi connectivity index (χ1) is 9.38. The number of hydrogen-bond acceptors (Lipinski definition) is 1. The van der Waals surface area contributed by atoms with Crippen LogP contribution in [0.3, 0.4) is 0 Å². The van der Waals surface area contributed by atoms with E-state index < -0.39 is 5.60 Å². The summed E-state index contributed by atoms with van der Waals surface area (Å²) in [7, 11) is 1.77. The third-order valence-corrected chi connectivity index (χ3v) is 4.03. The zero-order chi connectivity index (χ0) is 14.8. The summed E-state index contributed by atoms with van der Waals surface area (Å²) in [5, 5.41) is 0. The van der Waals surface area contributed by atoms with Crippen molar-refractivity contribution >= 4 is 0 Å². The van der Waals surface area contributed by atoms with Gasteiger partial charge in [0.1, 0.15) is 5.60 Å². The summed E-state index contributed by atoms with van der Waals surface area (Å²) in [5.74, 6) is 0. The lowest BCUT2D eigenvalue weighted by molar-refractivity contribution is 0.0391. The number of benzene rings is 2. The van der Waals surface area contributed by atoms with E-state index in [1.54, 1.807) is 7.11 Å². The van der Waals surface area contributed by atoms with Gasteiger partial charge in [-0.1, -0.05) is 75.4 Å². The summed E-state index contributed by atoms with van der Waals surface area (Å²) in [4.78, 5) is 0. The smallest absolute Gasteiger partial charge is 0.115 e. The average Bonchev–Trinajstić information content (AvgIpc) is 2.46. The molecule has 0 aliphatic rings. The fraction of sp³-hybridized carbons (Fsp3) is 0.368. The van der Waals surface area contributed by atoms with Gasteiger partial charge in [-0.2, -0.15) is 0 Å². The third kappa shape index (κ3) is 2.78. The minimum Gasteiger partial charge on any atom is -0.369 e. The highest BCUT2D eigenvalue weighted by Crippen LogP contribution is 2.33. The molecule has 0 radical (unpaired) electrons. The van der Waals surface area contributed by atoms with E-state index in [4.69, 9.17) is 4.74 Å². The minimum absolute atomic E-state index is 0.175. The van der Waals surface area contributed by atoms with Crippen LogP contribution in [0.2, 0.25) is 0 Å². The zero-order valence-electron chi connectivity index (χ0n) is 13.1. The molecule has 0 fully saturated rings. The van der Waals surface area contributed by atoms with Crippen molar-refractivity contribution in [1.82, 2.24) is 0 Å². The maximum absolute atomic E-state index is 5.84. The predicted octanol–water partition coefficient (Wildman–Crippen LogP) is 4.89. The fourth-order valence-corrected chi connectivity index (χ4v) is 2.45. The quantitative estimate of drug-likeness (QED) is 0.769. The molecule has 1 heteroatoms. The van der Waals surface area contributed by atoms with E-state index in [2.05, 4.69) is 76.2 Å². The molecule has 2 aromatic rings. The first-order valence-corrected chi connectivity index (χ1v) is 7.09. The van der Waals surface area contributed by atoms with Crippen LogP contribution in [0.4, 0.5) is 0 Å². The molecule has 1 unspecified atom stereocenters. The van der Waals surface area contributed by atoms with Crippen molar-refractivity contribution < 1.29 is 4.74 Å². The van der Waals surface area contributed by atoms with E-state index in [1.165, 1.54) is 16.7 Å². The van der Waals surface area contributed by atoms with Gasteiger partial charge in [0.25, 0.3) is 0 Å². The molecule has 0 spiro atoms. The Bertz CT molecular complexity index is 549. The van der Waals surface area contributed by atoms with E-state index in [-0.39, 0.29) is 5.41 Å².